The monoisotopic (exact) mass is 254 g/mol. The van der Waals surface area contributed by atoms with Crippen molar-refractivity contribution >= 4 is 12.6 Å². The Bertz CT molecular complexity index is 398. The highest BCUT2D eigenvalue weighted by molar-refractivity contribution is 6.58. The lowest BCUT2D eigenvalue weighted by Gasteiger charge is -2.16. The van der Waals surface area contributed by atoms with Crippen molar-refractivity contribution in [1.29, 1.82) is 0 Å². The van der Waals surface area contributed by atoms with E-state index in [2.05, 4.69) is 9.97 Å². The molecule has 0 radical (unpaired) electrons. The molecule has 0 bridgehead atoms. The van der Waals surface area contributed by atoms with Crippen LogP contribution in [-0.4, -0.2) is 52.2 Å². The first kappa shape index (κ1) is 13.2. The highest BCUT2D eigenvalue weighted by Crippen LogP contribution is 2.22. The summed E-state index contributed by atoms with van der Waals surface area (Å²) in [5, 5.41) is 17.7. The van der Waals surface area contributed by atoms with E-state index >= 15 is 0 Å². The summed E-state index contributed by atoms with van der Waals surface area (Å²) in [5.74, 6) is -0.584. The second-order valence-corrected chi connectivity index (χ2v) is 4.43. The van der Waals surface area contributed by atoms with Crippen LogP contribution in [0.4, 0.5) is 0 Å². The number of rotatable bonds is 4. The van der Waals surface area contributed by atoms with E-state index in [4.69, 9.17) is 24.3 Å². The van der Waals surface area contributed by atoms with Gasteiger partial charge in [-0.05, 0) is 13.8 Å². The van der Waals surface area contributed by atoms with Gasteiger partial charge in [-0.15, -0.1) is 0 Å². The van der Waals surface area contributed by atoms with E-state index in [-0.39, 0.29) is 24.2 Å². The first-order valence-corrected chi connectivity index (χ1v) is 5.59. The molecule has 8 heteroatoms. The van der Waals surface area contributed by atoms with Crippen LogP contribution in [0.5, 0.6) is 6.01 Å². The second kappa shape index (κ2) is 5.19. The molecule has 0 spiro atoms. The fraction of sp³-hybridized carbons (Fsp3) is 0.600. The fourth-order valence-corrected chi connectivity index (χ4v) is 1.55. The fourth-order valence-electron chi connectivity index (χ4n) is 1.55. The molecule has 1 atom stereocenters. The van der Waals surface area contributed by atoms with Crippen LogP contribution >= 0.6 is 0 Å². The molecule has 2 N–H and O–H groups in total. The van der Waals surface area contributed by atoms with Gasteiger partial charge in [-0.2, -0.15) is 0 Å². The third kappa shape index (κ3) is 3.39. The predicted molar refractivity (Wildman–Crippen MR) is 62.3 cm³/mol. The number of nitrogens with zero attached hydrogens (tertiary/aromatic N) is 2. The maximum atomic E-state index is 8.87. The quantitative estimate of drug-likeness (QED) is 0.644. The van der Waals surface area contributed by atoms with E-state index in [0.29, 0.717) is 6.61 Å². The van der Waals surface area contributed by atoms with Crippen LogP contribution in [0.2, 0.25) is 0 Å². The van der Waals surface area contributed by atoms with Gasteiger partial charge in [-0.25, -0.2) is 9.97 Å². The van der Waals surface area contributed by atoms with Gasteiger partial charge in [-0.1, -0.05) is 0 Å². The molecule has 1 aromatic heterocycles. The molecule has 2 rings (SSSR count). The van der Waals surface area contributed by atoms with E-state index in [0.717, 1.165) is 0 Å². The van der Waals surface area contributed by atoms with Gasteiger partial charge in [0.05, 0.1) is 6.61 Å². The van der Waals surface area contributed by atoms with Crippen molar-refractivity contribution in [2.75, 3.05) is 13.2 Å². The van der Waals surface area contributed by atoms with Gasteiger partial charge in [-0.3, -0.25) is 0 Å². The van der Waals surface area contributed by atoms with Gasteiger partial charge in [0.15, 0.2) is 5.79 Å². The minimum Gasteiger partial charge on any atom is -0.461 e. The van der Waals surface area contributed by atoms with Gasteiger partial charge in [0.2, 0.25) is 0 Å². The second-order valence-electron chi connectivity index (χ2n) is 4.43. The zero-order valence-corrected chi connectivity index (χ0v) is 10.2. The molecule has 1 aromatic rings. The third-order valence-corrected chi connectivity index (χ3v) is 2.41. The Balaban J connectivity index is 1.84. The van der Waals surface area contributed by atoms with Crippen molar-refractivity contribution in [3.05, 3.63) is 12.4 Å². The van der Waals surface area contributed by atoms with E-state index in [1.165, 1.54) is 12.4 Å². The minimum atomic E-state index is -1.58. The van der Waals surface area contributed by atoms with Crippen molar-refractivity contribution in [3.8, 4) is 6.01 Å². The first-order valence-electron chi connectivity index (χ1n) is 5.59. The Morgan fingerprint density at radius 1 is 1.44 bits per heavy atom. The van der Waals surface area contributed by atoms with Crippen molar-refractivity contribution < 1.29 is 24.3 Å². The van der Waals surface area contributed by atoms with E-state index in [1.807, 2.05) is 13.8 Å². The zero-order chi connectivity index (χ0) is 13.2. The number of aromatic nitrogens is 2. The summed E-state index contributed by atoms with van der Waals surface area (Å²) in [5.41, 5.74) is 0.212. The molecule has 0 aliphatic carbocycles. The van der Waals surface area contributed by atoms with Gasteiger partial charge in [0.1, 0.15) is 12.7 Å². The molecule has 1 saturated heterocycles. The maximum Gasteiger partial charge on any atom is 0.491 e. The third-order valence-electron chi connectivity index (χ3n) is 2.41. The van der Waals surface area contributed by atoms with Gasteiger partial charge >= 0.3 is 13.1 Å². The van der Waals surface area contributed by atoms with E-state index < -0.39 is 12.9 Å². The van der Waals surface area contributed by atoms with Crippen LogP contribution in [-0.2, 0) is 9.47 Å². The Morgan fingerprint density at radius 2 is 2.11 bits per heavy atom. The average Bonchev–Trinajstić information content (AvgIpc) is 2.67. The molecule has 1 fully saturated rings. The van der Waals surface area contributed by atoms with Crippen molar-refractivity contribution in [2.24, 2.45) is 0 Å². The standard InChI is InChI=1S/C10H15BN2O5/c1-10(2)17-6-8(18-10)5-16-9-12-3-7(4-13-9)11(14)15/h3-4,8,14-15H,5-6H2,1-2H3. The van der Waals surface area contributed by atoms with Crippen molar-refractivity contribution in [3.63, 3.8) is 0 Å². The van der Waals surface area contributed by atoms with Crippen LogP contribution in [0.25, 0.3) is 0 Å². The topological polar surface area (TPSA) is 93.9 Å². The summed E-state index contributed by atoms with van der Waals surface area (Å²) >= 11 is 0. The summed E-state index contributed by atoms with van der Waals surface area (Å²) in [4.78, 5) is 7.70. The normalized spacial score (nSPS) is 21.9. The summed E-state index contributed by atoms with van der Waals surface area (Å²) in [6, 6.07) is 0.160. The largest absolute Gasteiger partial charge is 0.491 e. The number of ether oxygens (including phenoxy) is 3. The summed E-state index contributed by atoms with van der Waals surface area (Å²) in [6.07, 6.45) is 2.43. The van der Waals surface area contributed by atoms with Crippen molar-refractivity contribution in [1.82, 2.24) is 9.97 Å². The Labute approximate surface area is 105 Å². The van der Waals surface area contributed by atoms with E-state index in [9.17, 15) is 0 Å². The van der Waals surface area contributed by atoms with Crippen LogP contribution in [0, 0.1) is 0 Å². The minimum absolute atomic E-state index is 0.160. The van der Waals surface area contributed by atoms with Gasteiger partial charge in [0, 0.05) is 17.9 Å². The molecule has 98 valence electrons. The first-order chi connectivity index (χ1) is 8.46. The molecule has 0 saturated carbocycles. The van der Waals surface area contributed by atoms with Crippen LogP contribution in [0.15, 0.2) is 12.4 Å². The van der Waals surface area contributed by atoms with Crippen LogP contribution < -0.4 is 10.2 Å². The lowest BCUT2D eigenvalue weighted by Crippen LogP contribution is -2.31. The maximum absolute atomic E-state index is 8.87. The molecule has 1 unspecified atom stereocenters. The predicted octanol–water partition coefficient (Wildman–Crippen LogP) is -1.31. The highest BCUT2D eigenvalue weighted by atomic mass is 16.7. The molecule has 0 aromatic carbocycles. The molecule has 0 amide bonds. The molecule has 7 nitrogen and oxygen atoms in total. The zero-order valence-electron chi connectivity index (χ0n) is 10.2. The Morgan fingerprint density at radius 3 is 2.61 bits per heavy atom. The number of hydrogen-bond donors (Lipinski definition) is 2. The molecule has 1 aliphatic heterocycles. The van der Waals surface area contributed by atoms with Gasteiger partial charge < -0.3 is 24.3 Å². The number of hydrogen-bond acceptors (Lipinski definition) is 7. The molecule has 1 aliphatic rings. The summed E-state index contributed by atoms with van der Waals surface area (Å²) in [6.45, 7) is 4.41. The molecule has 18 heavy (non-hydrogen) atoms. The highest BCUT2D eigenvalue weighted by Gasteiger charge is 2.33. The molecule has 2 heterocycles. The van der Waals surface area contributed by atoms with Crippen LogP contribution in [0.3, 0.4) is 0 Å². The Kier molecular flexibility index (Phi) is 3.81. The average molecular weight is 254 g/mol. The van der Waals surface area contributed by atoms with Gasteiger partial charge in [0.25, 0.3) is 0 Å². The van der Waals surface area contributed by atoms with E-state index in [1.54, 1.807) is 0 Å². The summed E-state index contributed by atoms with van der Waals surface area (Å²) < 4.78 is 16.3. The lowest BCUT2D eigenvalue weighted by molar-refractivity contribution is -0.141. The smallest absolute Gasteiger partial charge is 0.461 e. The summed E-state index contributed by atoms with van der Waals surface area (Å²) in [7, 11) is -1.58. The SMILES string of the molecule is CC1(C)OCC(COc2ncc(B(O)O)cn2)O1. The Hall–Kier alpha value is -1.22. The lowest BCUT2D eigenvalue weighted by atomic mass is 9.83. The van der Waals surface area contributed by atoms with Crippen molar-refractivity contribution in [2.45, 2.75) is 25.7 Å². The molecular formula is C10H15BN2O5. The van der Waals surface area contributed by atoms with Crippen LogP contribution in [0.1, 0.15) is 13.8 Å². The molecular weight excluding hydrogens is 239 g/mol.